The number of thiophene rings is 1. The second-order valence-corrected chi connectivity index (χ2v) is 10.8. The van der Waals surface area contributed by atoms with Crippen molar-refractivity contribution in [1.29, 1.82) is 0 Å². The molecule has 7 heteroatoms. The first-order chi connectivity index (χ1) is 12.2. The van der Waals surface area contributed by atoms with Crippen LogP contribution in [0.3, 0.4) is 0 Å². The van der Waals surface area contributed by atoms with E-state index < -0.39 is 10.0 Å². The fourth-order valence-corrected chi connectivity index (χ4v) is 5.74. The monoisotopic (exact) mass is 392 g/mol. The topological polar surface area (TPSA) is 66.5 Å². The third-order valence-corrected chi connectivity index (χ3v) is 7.36. The molecule has 2 aromatic rings. The number of aryl methyl sites for hydroxylation is 1. The van der Waals surface area contributed by atoms with Gasteiger partial charge in [-0.25, -0.2) is 8.42 Å². The van der Waals surface area contributed by atoms with Gasteiger partial charge in [0.15, 0.2) is 0 Å². The predicted molar refractivity (Wildman–Crippen MR) is 106 cm³/mol. The highest BCUT2D eigenvalue weighted by Crippen LogP contribution is 2.35. The number of hydrogen-bond acceptors (Lipinski definition) is 4. The Morgan fingerprint density at radius 2 is 2.04 bits per heavy atom. The molecule has 0 fully saturated rings. The number of amides is 1. The summed E-state index contributed by atoms with van der Waals surface area (Å²) in [6.45, 7) is 6.54. The third kappa shape index (κ3) is 4.10. The number of rotatable bonds is 4. The van der Waals surface area contributed by atoms with Gasteiger partial charge in [-0.05, 0) is 53.5 Å². The highest BCUT2D eigenvalue weighted by Gasteiger charge is 2.30. The van der Waals surface area contributed by atoms with Gasteiger partial charge in [0, 0.05) is 18.7 Å². The van der Waals surface area contributed by atoms with Gasteiger partial charge in [0.05, 0.1) is 5.69 Å². The predicted octanol–water partition coefficient (Wildman–Crippen LogP) is 4.26. The van der Waals surface area contributed by atoms with Gasteiger partial charge in [0.1, 0.15) is 4.21 Å². The van der Waals surface area contributed by atoms with Crippen molar-refractivity contribution in [2.75, 3.05) is 16.2 Å². The van der Waals surface area contributed by atoms with Gasteiger partial charge in [0.25, 0.3) is 10.0 Å². The quantitative estimate of drug-likeness (QED) is 0.845. The molecule has 1 aliphatic rings. The summed E-state index contributed by atoms with van der Waals surface area (Å²) in [4.78, 5) is 12.2. The van der Waals surface area contributed by atoms with Crippen LogP contribution < -0.4 is 9.62 Å². The number of carbonyl (C=O) groups excluding carboxylic acids is 1. The summed E-state index contributed by atoms with van der Waals surface area (Å²) < 4.78 is 27.6. The summed E-state index contributed by atoms with van der Waals surface area (Å²) in [5, 5.41) is 4.69. The van der Waals surface area contributed by atoms with E-state index in [1.165, 1.54) is 15.6 Å². The maximum atomic E-state index is 12.9. The first-order valence-electron chi connectivity index (χ1n) is 8.66. The smallest absolute Gasteiger partial charge is 0.273 e. The van der Waals surface area contributed by atoms with E-state index in [0.717, 1.165) is 18.4 Å². The van der Waals surface area contributed by atoms with Crippen molar-refractivity contribution in [3.63, 3.8) is 0 Å². The highest BCUT2D eigenvalue weighted by atomic mass is 32.2. The van der Waals surface area contributed by atoms with Crippen LogP contribution in [0.1, 0.15) is 39.2 Å². The van der Waals surface area contributed by atoms with Crippen molar-refractivity contribution < 1.29 is 13.2 Å². The highest BCUT2D eigenvalue weighted by molar-refractivity contribution is 7.94. The Bertz CT molecular complexity index is 897. The molecule has 0 spiro atoms. The maximum Gasteiger partial charge on any atom is 0.273 e. The molecule has 140 valence electrons. The van der Waals surface area contributed by atoms with Crippen LogP contribution in [0.15, 0.2) is 39.9 Å². The number of sulfonamides is 1. The molecule has 3 rings (SSSR count). The fraction of sp³-hybridized carbons (Fsp3) is 0.421. The second-order valence-electron chi connectivity index (χ2n) is 7.74. The minimum absolute atomic E-state index is 0.0312. The molecule has 26 heavy (non-hydrogen) atoms. The van der Waals surface area contributed by atoms with Gasteiger partial charge in [-0.15, -0.1) is 11.3 Å². The Hall–Kier alpha value is -1.86. The summed E-state index contributed by atoms with van der Waals surface area (Å²) in [5.74, 6) is -0.0312. The molecule has 0 radical (unpaired) electrons. The molecular weight excluding hydrogens is 368 g/mol. The van der Waals surface area contributed by atoms with Gasteiger partial charge in [-0.2, -0.15) is 0 Å². The van der Waals surface area contributed by atoms with Gasteiger partial charge < -0.3 is 5.32 Å². The van der Waals surface area contributed by atoms with Crippen molar-refractivity contribution in [2.24, 2.45) is 5.41 Å². The van der Waals surface area contributed by atoms with Crippen molar-refractivity contribution in [1.82, 2.24) is 0 Å². The van der Waals surface area contributed by atoms with Crippen LogP contribution in [0.4, 0.5) is 11.4 Å². The average Bonchev–Trinajstić information content (AvgIpc) is 3.07. The number of nitrogens with zero attached hydrogens (tertiary/aromatic N) is 1. The molecule has 0 bridgehead atoms. The van der Waals surface area contributed by atoms with Gasteiger partial charge >= 0.3 is 0 Å². The molecule has 0 aliphatic carbocycles. The fourth-order valence-electron chi connectivity index (χ4n) is 3.10. The van der Waals surface area contributed by atoms with Crippen LogP contribution >= 0.6 is 11.3 Å². The molecule has 1 aromatic carbocycles. The summed E-state index contributed by atoms with van der Waals surface area (Å²) in [7, 11) is -3.53. The van der Waals surface area contributed by atoms with E-state index in [-0.39, 0.29) is 11.3 Å². The van der Waals surface area contributed by atoms with Crippen LogP contribution in [-0.4, -0.2) is 20.9 Å². The lowest BCUT2D eigenvalue weighted by Gasteiger charge is -2.30. The molecule has 0 saturated carbocycles. The van der Waals surface area contributed by atoms with Crippen molar-refractivity contribution in [2.45, 2.75) is 44.2 Å². The Morgan fingerprint density at radius 3 is 2.69 bits per heavy atom. The van der Waals surface area contributed by atoms with Crippen LogP contribution in [0.2, 0.25) is 0 Å². The SMILES string of the molecule is CC(C)(C)CC(=O)Nc1ccc2c(c1)CCCN2S(=O)(=O)c1cccs1. The van der Waals surface area contributed by atoms with Crippen molar-refractivity contribution in [3.8, 4) is 0 Å². The lowest BCUT2D eigenvalue weighted by molar-refractivity contribution is -0.117. The number of fused-ring (bicyclic) bond motifs is 1. The molecule has 1 aliphatic heterocycles. The second kappa shape index (κ2) is 7.04. The van der Waals surface area contributed by atoms with Crippen LogP contribution in [0.25, 0.3) is 0 Å². The molecule has 0 unspecified atom stereocenters. The van der Waals surface area contributed by atoms with E-state index in [1.807, 2.05) is 26.8 Å². The number of hydrogen-bond donors (Lipinski definition) is 1. The minimum Gasteiger partial charge on any atom is -0.326 e. The average molecular weight is 393 g/mol. The molecule has 0 atom stereocenters. The number of carbonyl (C=O) groups is 1. The van der Waals surface area contributed by atoms with Crippen molar-refractivity contribution >= 4 is 38.6 Å². The first kappa shape index (κ1) is 18.9. The van der Waals surface area contributed by atoms with Crippen LogP contribution in [0.5, 0.6) is 0 Å². The van der Waals surface area contributed by atoms with E-state index in [9.17, 15) is 13.2 Å². The molecule has 1 amide bonds. The summed E-state index contributed by atoms with van der Waals surface area (Å²) in [6.07, 6.45) is 1.99. The zero-order valence-corrected chi connectivity index (χ0v) is 16.9. The van der Waals surface area contributed by atoms with Gasteiger partial charge in [0.2, 0.25) is 5.91 Å². The Balaban J connectivity index is 1.85. The number of nitrogens with one attached hydrogen (secondary N) is 1. The Kier molecular flexibility index (Phi) is 5.12. The Morgan fingerprint density at radius 1 is 1.27 bits per heavy atom. The van der Waals surface area contributed by atoms with Gasteiger partial charge in [-0.3, -0.25) is 9.10 Å². The van der Waals surface area contributed by atoms with E-state index in [4.69, 9.17) is 0 Å². The Labute approximate surface area is 159 Å². The van der Waals surface area contributed by atoms with Crippen LogP contribution in [-0.2, 0) is 21.2 Å². The largest absolute Gasteiger partial charge is 0.326 e. The van der Waals surface area contributed by atoms with E-state index >= 15 is 0 Å². The van der Waals surface area contributed by atoms with Crippen LogP contribution in [0, 0.1) is 5.41 Å². The first-order valence-corrected chi connectivity index (χ1v) is 11.0. The zero-order chi connectivity index (χ0) is 18.9. The molecule has 1 aromatic heterocycles. The molecule has 0 saturated heterocycles. The number of anilines is 2. The molecule has 1 N–H and O–H groups in total. The lowest BCUT2D eigenvalue weighted by atomic mass is 9.92. The third-order valence-electron chi connectivity index (χ3n) is 4.17. The van der Waals surface area contributed by atoms with E-state index in [2.05, 4.69) is 5.32 Å². The summed E-state index contributed by atoms with van der Waals surface area (Å²) in [5.41, 5.74) is 2.29. The molecule has 5 nitrogen and oxygen atoms in total. The van der Waals surface area contributed by atoms with Crippen molar-refractivity contribution in [3.05, 3.63) is 41.3 Å². The van der Waals surface area contributed by atoms with Gasteiger partial charge in [-0.1, -0.05) is 26.8 Å². The standard InChI is InChI=1S/C19H24N2O3S2/c1-19(2,3)13-17(22)20-15-8-9-16-14(12-15)6-4-10-21(16)26(23,24)18-7-5-11-25-18/h5,7-9,11-12H,4,6,10,13H2,1-3H3,(H,20,22). The molecule has 2 heterocycles. The number of benzene rings is 1. The normalized spacial score (nSPS) is 14.8. The van der Waals surface area contributed by atoms with E-state index in [0.29, 0.717) is 28.5 Å². The maximum absolute atomic E-state index is 12.9. The summed E-state index contributed by atoms with van der Waals surface area (Å²) in [6, 6.07) is 8.85. The summed E-state index contributed by atoms with van der Waals surface area (Å²) >= 11 is 1.23. The zero-order valence-electron chi connectivity index (χ0n) is 15.3. The lowest BCUT2D eigenvalue weighted by Crippen LogP contribution is -2.35. The molecular formula is C19H24N2O3S2. The minimum atomic E-state index is -3.53. The van der Waals surface area contributed by atoms with E-state index in [1.54, 1.807) is 29.6 Å².